The molecule has 3 aliphatic rings. The number of carboxylic acid groups (broad SMARTS) is 1. The molecule has 0 aliphatic heterocycles. The fourth-order valence-electron chi connectivity index (χ4n) is 6.15. The van der Waals surface area contributed by atoms with Crippen molar-refractivity contribution in [2.24, 2.45) is 23.2 Å². The van der Waals surface area contributed by atoms with E-state index < -0.39 is 5.97 Å². The Hall–Kier alpha value is -1.84. The SMILES string of the molecule is COc1ccc2c(c1)CCC1C2CC[C@]2(C)C(=O)C[C@H](CC(=O)O)C12. The largest absolute Gasteiger partial charge is 0.497 e. The highest BCUT2D eigenvalue weighted by Gasteiger charge is 2.58. The first-order valence-electron chi connectivity index (χ1n) is 9.36. The van der Waals surface area contributed by atoms with E-state index in [2.05, 4.69) is 19.1 Å². The molecular weight excluding hydrogens is 316 g/mol. The van der Waals surface area contributed by atoms with Crippen molar-refractivity contribution < 1.29 is 19.4 Å². The molecule has 0 radical (unpaired) electrons. The summed E-state index contributed by atoms with van der Waals surface area (Å²) < 4.78 is 5.37. The lowest BCUT2D eigenvalue weighted by atomic mass is 9.54. The lowest BCUT2D eigenvalue weighted by Gasteiger charge is -2.49. The monoisotopic (exact) mass is 342 g/mol. The number of methoxy groups -OCH3 is 1. The Morgan fingerprint density at radius 2 is 2.16 bits per heavy atom. The van der Waals surface area contributed by atoms with Crippen molar-refractivity contribution in [2.45, 2.75) is 51.4 Å². The second-order valence-corrected chi connectivity index (χ2v) is 8.34. The van der Waals surface area contributed by atoms with Gasteiger partial charge in [-0.2, -0.15) is 0 Å². The lowest BCUT2D eigenvalue weighted by Crippen LogP contribution is -2.44. The van der Waals surface area contributed by atoms with E-state index in [0.29, 0.717) is 24.0 Å². The Labute approximate surface area is 148 Å². The van der Waals surface area contributed by atoms with Crippen molar-refractivity contribution in [3.63, 3.8) is 0 Å². The molecule has 3 aliphatic carbocycles. The van der Waals surface area contributed by atoms with Gasteiger partial charge >= 0.3 is 5.97 Å². The number of ketones is 1. The van der Waals surface area contributed by atoms with Gasteiger partial charge in [0.1, 0.15) is 11.5 Å². The van der Waals surface area contributed by atoms with Gasteiger partial charge in [0.05, 0.1) is 7.11 Å². The molecule has 1 aromatic rings. The quantitative estimate of drug-likeness (QED) is 0.907. The van der Waals surface area contributed by atoms with Crippen molar-refractivity contribution in [1.82, 2.24) is 0 Å². The number of fused-ring (bicyclic) bond motifs is 5. The van der Waals surface area contributed by atoms with Gasteiger partial charge in [0.2, 0.25) is 0 Å². The number of carbonyl (C=O) groups is 2. The maximum atomic E-state index is 12.7. The number of benzene rings is 1. The van der Waals surface area contributed by atoms with Gasteiger partial charge in [-0.25, -0.2) is 0 Å². The van der Waals surface area contributed by atoms with E-state index in [-0.39, 0.29) is 23.7 Å². The van der Waals surface area contributed by atoms with Crippen LogP contribution in [0.5, 0.6) is 5.75 Å². The Balaban J connectivity index is 1.70. The smallest absolute Gasteiger partial charge is 0.303 e. The van der Waals surface area contributed by atoms with Crippen LogP contribution in [-0.4, -0.2) is 24.0 Å². The third-order valence-corrected chi connectivity index (χ3v) is 7.21. The molecule has 4 rings (SSSR count). The molecule has 3 unspecified atom stereocenters. The highest BCUT2D eigenvalue weighted by molar-refractivity contribution is 5.88. The highest BCUT2D eigenvalue weighted by Crippen LogP contribution is 2.62. The van der Waals surface area contributed by atoms with E-state index in [1.165, 1.54) is 11.1 Å². The molecule has 4 nitrogen and oxygen atoms in total. The van der Waals surface area contributed by atoms with Gasteiger partial charge in [0.15, 0.2) is 0 Å². The van der Waals surface area contributed by atoms with Crippen LogP contribution in [0.2, 0.25) is 0 Å². The van der Waals surface area contributed by atoms with Gasteiger partial charge in [-0.15, -0.1) is 0 Å². The fourth-order valence-corrected chi connectivity index (χ4v) is 6.15. The number of ether oxygens (including phenoxy) is 1. The molecule has 1 aromatic carbocycles. The molecule has 0 spiro atoms. The van der Waals surface area contributed by atoms with Crippen molar-refractivity contribution in [3.05, 3.63) is 29.3 Å². The maximum absolute atomic E-state index is 12.7. The number of rotatable bonds is 3. The molecule has 25 heavy (non-hydrogen) atoms. The highest BCUT2D eigenvalue weighted by atomic mass is 16.5. The third kappa shape index (κ3) is 2.49. The molecule has 4 heteroatoms. The second-order valence-electron chi connectivity index (χ2n) is 8.34. The topological polar surface area (TPSA) is 63.6 Å². The first-order chi connectivity index (χ1) is 11.9. The number of carboxylic acids is 1. The van der Waals surface area contributed by atoms with E-state index in [4.69, 9.17) is 4.74 Å². The predicted molar refractivity (Wildman–Crippen MR) is 93.7 cm³/mol. The summed E-state index contributed by atoms with van der Waals surface area (Å²) in [6.07, 6.45) is 4.54. The minimum atomic E-state index is -0.773. The summed E-state index contributed by atoms with van der Waals surface area (Å²) in [7, 11) is 1.69. The van der Waals surface area contributed by atoms with E-state index >= 15 is 0 Å². The summed E-state index contributed by atoms with van der Waals surface area (Å²) in [6, 6.07) is 6.37. The Bertz CT molecular complexity index is 725. The number of aryl methyl sites for hydroxylation is 1. The maximum Gasteiger partial charge on any atom is 0.303 e. The first kappa shape index (κ1) is 16.6. The number of carbonyl (C=O) groups excluding carboxylic acids is 1. The van der Waals surface area contributed by atoms with E-state index in [1.54, 1.807) is 7.11 Å². The van der Waals surface area contributed by atoms with Crippen molar-refractivity contribution in [2.75, 3.05) is 7.11 Å². The van der Waals surface area contributed by atoms with Crippen LogP contribution in [-0.2, 0) is 16.0 Å². The minimum Gasteiger partial charge on any atom is -0.497 e. The molecule has 5 atom stereocenters. The Morgan fingerprint density at radius 3 is 2.88 bits per heavy atom. The number of hydrogen-bond donors (Lipinski definition) is 1. The number of Topliss-reactive ketones (excluding diaryl/α,β-unsaturated/α-hetero) is 1. The van der Waals surface area contributed by atoms with E-state index in [9.17, 15) is 14.7 Å². The molecule has 0 bridgehead atoms. The summed E-state index contributed by atoms with van der Waals surface area (Å²) in [5.74, 6) is 1.52. The van der Waals surface area contributed by atoms with E-state index in [1.807, 2.05) is 6.07 Å². The molecule has 0 amide bonds. The average molecular weight is 342 g/mol. The summed E-state index contributed by atoms with van der Waals surface area (Å²) in [5.41, 5.74) is 2.45. The third-order valence-electron chi connectivity index (χ3n) is 7.21. The molecular formula is C21H26O4. The van der Waals surface area contributed by atoms with E-state index in [0.717, 1.165) is 31.4 Å². The number of aliphatic carboxylic acids is 1. The second kappa shape index (κ2) is 5.86. The van der Waals surface area contributed by atoms with Crippen LogP contribution in [0.15, 0.2) is 18.2 Å². The van der Waals surface area contributed by atoms with Gasteiger partial charge in [0.25, 0.3) is 0 Å². The van der Waals surface area contributed by atoms with Gasteiger partial charge in [-0.3, -0.25) is 9.59 Å². The molecule has 2 fully saturated rings. The average Bonchev–Trinajstić information content (AvgIpc) is 2.84. The van der Waals surface area contributed by atoms with Gasteiger partial charge in [0, 0.05) is 18.3 Å². The predicted octanol–water partition coefficient (Wildman–Crippen LogP) is 3.82. The molecule has 0 heterocycles. The summed E-state index contributed by atoms with van der Waals surface area (Å²) in [6.45, 7) is 2.10. The van der Waals surface area contributed by atoms with Gasteiger partial charge in [-0.1, -0.05) is 13.0 Å². The van der Waals surface area contributed by atoms with Crippen LogP contribution in [0.1, 0.15) is 56.1 Å². The van der Waals surface area contributed by atoms with Crippen LogP contribution in [0.3, 0.4) is 0 Å². The Kier molecular flexibility index (Phi) is 3.89. The molecule has 1 N–H and O–H groups in total. The molecule has 0 saturated heterocycles. The Morgan fingerprint density at radius 1 is 1.36 bits per heavy atom. The summed E-state index contributed by atoms with van der Waals surface area (Å²) >= 11 is 0. The molecule has 0 aromatic heterocycles. The number of hydrogen-bond acceptors (Lipinski definition) is 3. The van der Waals surface area contributed by atoms with Gasteiger partial charge < -0.3 is 9.84 Å². The summed E-state index contributed by atoms with van der Waals surface area (Å²) in [5, 5.41) is 9.32. The van der Waals surface area contributed by atoms with Crippen LogP contribution < -0.4 is 4.74 Å². The zero-order valence-electron chi connectivity index (χ0n) is 15.0. The van der Waals surface area contributed by atoms with Crippen LogP contribution >= 0.6 is 0 Å². The fraction of sp³-hybridized carbons (Fsp3) is 0.619. The van der Waals surface area contributed by atoms with Crippen LogP contribution in [0.4, 0.5) is 0 Å². The normalized spacial score (nSPS) is 36.3. The van der Waals surface area contributed by atoms with Crippen molar-refractivity contribution in [3.8, 4) is 5.75 Å². The van der Waals surface area contributed by atoms with Crippen molar-refractivity contribution in [1.29, 1.82) is 0 Å². The minimum absolute atomic E-state index is 0.00241. The van der Waals surface area contributed by atoms with Gasteiger partial charge in [-0.05, 0) is 72.6 Å². The summed E-state index contributed by atoms with van der Waals surface area (Å²) in [4.78, 5) is 24.1. The standard InChI is InChI=1S/C21H26O4/c1-21-8-7-16-15-6-4-14(25-2)9-12(15)3-5-17(16)20(21)13(10-18(21)22)11-19(23)24/h4,6,9,13,16-17,20H,3,5,7-8,10-11H2,1-2H3,(H,23,24)/t13-,16?,17?,20?,21-/m1/s1. The first-order valence-corrected chi connectivity index (χ1v) is 9.36. The molecule has 2 saturated carbocycles. The zero-order valence-corrected chi connectivity index (χ0v) is 15.0. The lowest BCUT2D eigenvalue weighted by molar-refractivity contribution is -0.139. The van der Waals surface area contributed by atoms with Crippen molar-refractivity contribution >= 4 is 11.8 Å². The van der Waals surface area contributed by atoms with Crippen LogP contribution in [0, 0.1) is 23.2 Å². The zero-order chi connectivity index (χ0) is 17.8. The molecule has 134 valence electrons. The van der Waals surface area contributed by atoms with Crippen LogP contribution in [0.25, 0.3) is 0 Å².